The smallest absolute Gasteiger partial charge is 0.326 e. The van der Waals surface area contributed by atoms with Gasteiger partial charge in [-0.25, -0.2) is 4.79 Å². The van der Waals surface area contributed by atoms with Crippen LogP contribution in [0.15, 0.2) is 0 Å². The molecule has 0 rings (SSSR count). The summed E-state index contributed by atoms with van der Waals surface area (Å²) in [6, 6.07) is -2.76. The van der Waals surface area contributed by atoms with E-state index in [0.29, 0.717) is 18.6 Å². The fourth-order valence-corrected chi connectivity index (χ4v) is 3.14. The molecule has 168 valence electrons. The Morgan fingerprint density at radius 3 is 2.03 bits per heavy atom. The van der Waals surface area contributed by atoms with Gasteiger partial charge < -0.3 is 26.8 Å². The maximum atomic E-state index is 12.8. The van der Waals surface area contributed by atoms with Gasteiger partial charge in [0.05, 0.1) is 6.54 Å². The molecule has 0 aromatic heterocycles. The molecule has 0 heterocycles. The number of carboxylic acid groups (broad SMARTS) is 1. The van der Waals surface area contributed by atoms with E-state index in [9.17, 15) is 24.3 Å². The number of hydrogen-bond acceptors (Lipinski definition) is 6. The first-order valence-corrected chi connectivity index (χ1v) is 11.3. The lowest BCUT2D eigenvalue weighted by Crippen LogP contribution is -2.57. The highest BCUT2D eigenvalue weighted by Gasteiger charge is 2.31. The molecule has 0 fully saturated rings. The molecule has 0 aliphatic carbocycles. The summed E-state index contributed by atoms with van der Waals surface area (Å²) in [6.07, 6.45) is 3.12. The van der Waals surface area contributed by atoms with Gasteiger partial charge >= 0.3 is 5.97 Å². The molecule has 0 spiro atoms. The van der Waals surface area contributed by atoms with Crippen LogP contribution in [0.3, 0.4) is 0 Å². The highest BCUT2D eigenvalue weighted by molar-refractivity contribution is 7.98. The second-order valence-corrected chi connectivity index (χ2v) is 8.49. The van der Waals surface area contributed by atoms with Crippen LogP contribution in [0.1, 0.15) is 47.0 Å². The highest BCUT2D eigenvalue weighted by Crippen LogP contribution is 2.11. The molecule has 29 heavy (non-hydrogen) atoms. The SMILES string of the molecule is CCC(C)C(NC(=O)CN)C(=O)NC(CC(C)C)C(=O)NC(CCSC)C(=O)O. The molecule has 0 radical (unpaired) electrons. The van der Waals surface area contributed by atoms with Crippen molar-refractivity contribution in [3.05, 3.63) is 0 Å². The van der Waals surface area contributed by atoms with Crippen molar-refractivity contribution >= 4 is 35.5 Å². The van der Waals surface area contributed by atoms with Crippen LogP contribution in [0, 0.1) is 11.8 Å². The Balaban J connectivity index is 5.36. The van der Waals surface area contributed by atoms with Crippen LogP contribution in [0.4, 0.5) is 0 Å². The third-order valence-electron chi connectivity index (χ3n) is 4.56. The molecular weight excluding hydrogens is 396 g/mol. The molecular formula is C19H36N4O5S. The summed E-state index contributed by atoms with van der Waals surface area (Å²) >= 11 is 1.49. The first kappa shape index (κ1) is 27.2. The van der Waals surface area contributed by atoms with Gasteiger partial charge in [0.2, 0.25) is 17.7 Å². The summed E-state index contributed by atoms with van der Waals surface area (Å²) in [7, 11) is 0. The minimum absolute atomic E-state index is 0.0845. The summed E-state index contributed by atoms with van der Waals surface area (Å²) in [5.41, 5.74) is 5.34. The Kier molecular flexibility index (Phi) is 13.3. The highest BCUT2D eigenvalue weighted by atomic mass is 32.2. The molecule has 10 heteroatoms. The summed E-state index contributed by atoms with van der Waals surface area (Å²) in [6.45, 7) is 7.27. The Hall–Kier alpha value is -1.81. The zero-order valence-corrected chi connectivity index (χ0v) is 18.8. The molecule has 0 aliphatic heterocycles. The molecule has 0 bridgehead atoms. The maximum Gasteiger partial charge on any atom is 0.326 e. The number of carbonyl (C=O) groups is 4. The summed E-state index contributed by atoms with van der Waals surface area (Å²) in [5.74, 6) is -2.11. The van der Waals surface area contributed by atoms with Crippen molar-refractivity contribution in [1.82, 2.24) is 16.0 Å². The predicted octanol–water partition coefficient (Wildman–Crippen LogP) is 0.329. The third-order valence-corrected chi connectivity index (χ3v) is 5.21. The van der Waals surface area contributed by atoms with Crippen LogP contribution in [-0.4, -0.2) is 65.5 Å². The molecule has 4 unspecified atom stereocenters. The van der Waals surface area contributed by atoms with E-state index in [1.54, 1.807) is 0 Å². The maximum absolute atomic E-state index is 12.8. The van der Waals surface area contributed by atoms with Crippen molar-refractivity contribution in [1.29, 1.82) is 0 Å². The number of hydrogen-bond donors (Lipinski definition) is 5. The standard InChI is InChI=1S/C19H36N4O5S/c1-6-12(4)16(23-15(24)10-20)18(26)22-14(9-11(2)3)17(25)21-13(19(27)28)7-8-29-5/h11-14,16H,6-10,20H2,1-5H3,(H,21,25)(H,22,26)(H,23,24)(H,27,28). The number of rotatable bonds is 14. The number of amides is 3. The minimum atomic E-state index is -1.12. The minimum Gasteiger partial charge on any atom is -0.480 e. The van der Waals surface area contributed by atoms with E-state index in [1.165, 1.54) is 11.8 Å². The van der Waals surface area contributed by atoms with E-state index in [2.05, 4.69) is 16.0 Å². The number of thioether (sulfide) groups is 1. The fraction of sp³-hybridized carbons (Fsp3) is 0.789. The van der Waals surface area contributed by atoms with Crippen LogP contribution in [0.5, 0.6) is 0 Å². The Morgan fingerprint density at radius 2 is 1.59 bits per heavy atom. The largest absolute Gasteiger partial charge is 0.480 e. The van der Waals surface area contributed by atoms with Crippen molar-refractivity contribution < 1.29 is 24.3 Å². The molecule has 0 aromatic rings. The fourth-order valence-electron chi connectivity index (χ4n) is 2.66. The number of carboxylic acids is 1. The van der Waals surface area contributed by atoms with Crippen LogP contribution >= 0.6 is 11.8 Å². The van der Waals surface area contributed by atoms with Gasteiger partial charge in [-0.05, 0) is 36.7 Å². The van der Waals surface area contributed by atoms with Crippen molar-refractivity contribution in [2.24, 2.45) is 17.6 Å². The van der Waals surface area contributed by atoms with Gasteiger partial charge in [0, 0.05) is 0 Å². The summed E-state index contributed by atoms with van der Waals surface area (Å²) < 4.78 is 0. The van der Waals surface area contributed by atoms with E-state index in [1.807, 2.05) is 34.0 Å². The first-order valence-electron chi connectivity index (χ1n) is 9.89. The first-order chi connectivity index (χ1) is 13.6. The van der Waals surface area contributed by atoms with Crippen molar-refractivity contribution in [2.75, 3.05) is 18.6 Å². The number of nitrogens with one attached hydrogen (secondary N) is 3. The average molecular weight is 433 g/mol. The van der Waals surface area contributed by atoms with Crippen molar-refractivity contribution in [3.8, 4) is 0 Å². The van der Waals surface area contributed by atoms with Gasteiger partial charge in [0.25, 0.3) is 0 Å². The third kappa shape index (κ3) is 10.5. The zero-order valence-electron chi connectivity index (χ0n) is 18.0. The Labute approximate surface area is 177 Å². The van der Waals surface area contributed by atoms with Crippen molar-refractivity contribution in [2.45, 2.75) is 65.1 Å². The van der Waals surface area contributed by atoms with Gasteiger partial charge in [0.1, 0.15) is 18.1 Å². The molecule has 3 amide bonds. The lowest BCUT2D eigenvalue weighted by Gasteiger charge is -2.27. The van der Waals surface area contributed by atoms with Crippen LogP contribution < -0.4 is 21.7 Å². The van der Waals surface area contributed by atoms with Gasteiger partial charge in [-0.15, -0.1) is 0 Å². The lowest BCUT2D eigenvalue weighted by molar-refractivity contribution is -0.142. The summed E-state index contributed by atoms with van der Waals surface area (Å²) in [5, 5.41) is 17.2. The van der Waals surface area contributed by atoms with E-state index < -0.39 is 41.8 Å². The number of nitrogens with two attached hydrogens (primary N) is 1. The van der Waals surface area contributed by atoms with Gasteiger partial charge in [-0.1, -0.05) is 34.1 Å². The normalized spacial score (nSPS) is 15.1. The van der Waals surface area contributed by atoms with Gasteiger partial charge in [-0.2, -0.15) is 11.8 Å². The number of aliphatic carboxylic acids is 1. The molecule has 0 saturated carbocycles. The zero-order chi connectivity index (χ0) is 22.6. The topological polar surface area (TPSA) is 151 Å². The lowest BCUT2D eigenvalue weighted by atomic mass is 9.96. The quantitative estimate of drug-likeness (QED) is 0.265. The Morgan fingerprint density at radius 1 is 1.00 bits per heavy atom. The predicted molar refractivity (Wildman–Crippen MR) is 114 cm³/mol. The second-order valence-electron chi connectivity index (χ2n) is 7.51. The van der Waals surface area contributed by atoms with Crippen LogP contribution in [-0.2, 0) is 19.2 Å². The van der Waals surface area contributed by atoms with Crippen molar-refractivity contribution in [3.63, 3.8) is 0 Å². The molecule has 0 aliphatic rings. The average Bonchev–Trinajstić information content (AvgIpc) is 2.66. The molecule has 4 atom stereocenters. The second kappa shape index (κ2) is 14.2. The molecule has 6 N–H and O–H groups in total. The van der Waals surface area contributed by atoms with Gasteiger partial charge in [-0.3, -0.25) is 14.4 Å². The van der Waals surface area contributed by atoms with Gasteiger partial charge in [0.15, 0.2) is 0 Å². The number of carbonyl (C=O) groups excluding carboxylic acids is 3. The van der Waals surface area contributed by atoms with E-state index in [0.717, 1.165) is 0 Å². The van der Waals surface area contributed by atoms with E-state index >= 15 is 0 Å². The molecule has 0 saturated heterocycles. The summed E-state index contributed by atoms with van der Waals surface area (Å²) in [4.78, 5) is 48.7. The van der Waals surface area contributed by atoms with E-state index in [4.69, 9.17) is 5.73 Å². The van der Waals surface area contributed by atoms with Crippen LogP contribution in [0.2, 0.25) is 0 Å². The van der Waals surface area contributed by atoms with E-state index in [-0.39, 0.29) is 24.8 Å². The van der Waals surface area contributed by atoms with Crippen LogP contribution in [0.25, 0.3) is 0 Å². The molecule has 0 aromatic carbocycles. The molecule has 9 nitrogen and oxygen atoms in total. The Bertz CT molecular complexity index is 559. The monoisotopic (exact) mass is 432 g/mol.